The molecule has 0 aromatic carbocycles. The predicted molar refractivity (Wildman–Crippen MR) is 48.4 cm³/mol. The highest BCUT2D eigenvalue weighted by Crippen LogP contribution is 2.14. The number of carbonyl (C=O) groups excluding carboxylic acids is 1. The monoisotopic (exact) mass is 181 g/mol. The maximum absolute atomic E-state index is 10.0. The lowest BCUT2D eigenvalue weighted by atomic mass is 10.5. The third-order valence-corrected chi connectivity index (χ3v) is 1.52. The summed E-state index contributed by atoms with van der Waals surface area (Å²) in [4.78, 5) is 18.0. The van der Waals surface area contributed by atoms with Crippen LogP contribution in [0.5, 0.6) is 0 Å². The van der Waals surface area contributed by atoms with Gasteiger partial charge in [-0.25, -0.2) is 4.98 Å². The quantitative estimate of drug-likeness (QED) is 0.363. The Balaban J connectivity index is 2.95. The van der Waals surface area contributed by atoms with Crippen molar-refractivity contribution >= 4 is 18.2 Å². The van der Waals surface area contributed by atoms with Crippen molar-refractivity contribution in [2.45, 2.75) is 6.92 Å². The zero-order valence-corrected chi connectivity index (χ0v) is 7.48. The van der Waals surface area contributed by atoms with Gasteiger partial charge in [-0.2, -0.15) is 4.99 Å². The second-order valence-electron chi connectivity index (χ2n) is 2.52. The lowest BCUT2D eigenvalue weighted by Crippen LogP contribution is -2.29. The number of hydrogen-bond donors (Lipinski definition) is 2. The molecule has 1 aromatic heterocycles. The Labute approximate surface area is 75.5 Å². The molecule has 1 rings (SSSR count). The molecule has 0 atom stereocenters. The second kappa shape index (κ2) is 3.70. The van der Waals surface area contributed by atoms with Crippen LogP contribution in [0, 0.1) is 6.92 Å². The Hall–Kier alpha value is -1.85. The van der Waals surface area contributed by atoms with E-state index in [0.29, 0.717) is 12.2 Å². The van der Waals surface area contributed by atoms with Gasteiger partial charge in [-0.05, 0) is 6.92 Å². The van der Waals surface area contributed by atoms with Crippen molar-refractivity contribution < 1.29 is 4.79 Å². The zero-order valence-electron chi connectivity index (χ0n) is 7.48. The first-order valence-corrected chi connectivity index (χ1v) is 3.67. The number of nitrogens with two attached hydrogens (primary N) is 1. The number of amides is 1. The van der Waals surface area contributed by atoms with Gasteiger partial charge in [0.1, 0.15) is 0 Å². The SMILES string of the molecule is Cc1ncn(C)c1N=C(N)NC=O. The van der Waals surface area contributed by atoms with Gasteiger partial charge in [0.2, 0.25) is 12.4 Å². The fourth-order valence-electron chi connectivity index (χ4n) is 0.907. The summed E-state index contributed by atoms with van der Waals surface area (Å²) in [5.74, 6) is 0.688. The summed E-state index contributed by atoms with van der Waals surface area (Å²) < 4.78 is 1.72. The zero-order chi connectivity index (χ0) is 9.84. The Morgan fingerprint density at radius 3 is 3.00 bits per heavy atom. The van der Waals surface area contributed by atoms with E-state index in [9.17, 15) is 4.79 Å². The van der Waals surface area contributed by atoms with Crippen LogP contribution in [0.2, 0.25) is 0 Å². The molecule has 0 fully saturated rings. The van der Waals surface area contributed by atoms with Gasteiger partial charge in [-0.3, -0.25) is 10.1 Å². The molecule has 0 spiro atoms. The molecule has 6 nitrogen and oxygen atoms in total. The summed E-state index contributed by atoms with van der Waals surface area (Å²) in [6.45, 7) is 1.81. The molecule has 0 aliphatic carbocycles. The van der Waals surface area contributed by atoms with E-state index in [2.05, 4.69) is 15.3 Å². The minimum absolute atomic E-state index is 0.0571. The smallest absolute Gasteiger partial charge is 0.213 e. The van der Waals surface area contributed by atoms with Crippen molar-refractivity contribution in [2.75, 3.05) is 0 Å². The van der Waals surface area contributed by atoms with Crippen molar-refractivity contribution in [3.05, 3.63) is 12.0 Å². The van der Waals surface area contributed by atoms with Crippen LogP contribution < -0.4 is 11.1 Å². The number of aryl methyl sites for hydroxylation is 2. The van der Waals surface area contributed by atoms with E-state index in [1.165, 1.54) is 0 Å². The number of hydrogen-bond acceptors (Lipinski definition) is 3. The molecule has 70 valence electrons. The highest BCUT2D eigenvalue weighted by atomic mass is 16.1. The normalized spacial score (nSPS) is 11.4. The molecule has 0 aliphatic rings. The molecule has 1 heterocycles. The Kier molecular flexibility index (Phi) is 2.63. The van der Waals surface area contributed by atoms with Gasteiger partial charge in [0.25, 0.3) is 0 Å². The van der Waals surface area contributed by atoms with Crippen molar-refractivity contribution in [1.29, 1.82) is 0 Å². The van der Waals surface area contributed by atoms with Crippen molar-refractivity contribution in [1.82, 2.24) is 14.9 Å². The van der Waals surface area contributed by atoms with Gasteiger partial charge in [0.15, 0.2) is 5.82 Å². The van der Waals surface area contributed by atoms with Crippen LogP contribution in [0.15, 0.2) is 11.3 Å². The molecular weight excluding hydrogens is 170 g/mol. The van der Waals surface area contributed by atoms with Crippen LogP contribution in [0.3, 0.4) is 0 Å². The summed E-state index contributed by atoms with van der Waals surface area (Å²) in [6.07, 6.45) is 2.10. The van der Waals surface area contributed by atoms with Crippen LogP contribution in [0.25, 0.3) is 0 Å². The molecule has 6 heteroatoms. The first-order valence-electron chi connectivity index (χ1n) is 3.67. The molecule has 1 amide bonds. The van der Waals surface area contributed by atoms with E-state index in [-0.39, 0.29) is 5.96 Å². The average Bonchev–Trinajstić information content (AvgIpc) is 2.36. The van der Waals surface area contributed by atoms with Gasteiger partial charge in [0, 0.05) is 7.05 Å². The molecule has 0 saturated carbocycles. The Morgan fingerprint density at radius 1 is 1.85 bits per heavy atom. The summed E-state index contributed by atoms with van der Waals surface area (Å²) in [7, 11) is 1.80. The minimum atomic E-state index is 0.0571. The maximum Gasteiger partial charge on any atom is 0.213 e. The van der Waals surface area contributed by atoms with Gasteiger partial charge < -0.3 is 10.3 Å². The number of aliphatic imine (C=N–C) groups is 1. The van der Waals surface area contributed by atoms with Crippen molar-refractivity contribution in [2.24, 2.45) is 17.8 Å². The summed E-state index contributed by atoms with van der Waals surface area (Å²) in [5.41, 5.74) is 6.14. The number of nitrogens with one attached hydrogen (secondary N) is 1. The lowest BCUT2D eigenvalue weighted by molar-refractivity contribution is -0.108. The van der Waals surface area contributed by atoms with Crippen molar-refractivity contribution in [3.8, 4) is 0 Å². The molecule has 0 aliphatic heterocycles. The van der Waals surface area contributed by atoms with E-state index in [4.69, 9.17) is 5.73 Å². The molecule has 13 heavy (non-hydrogen) atoms. The Morgan fingerprint density at radius 2 is 2.54 bits per heavy atom. The first kappa shape index (κ1) is 9.24. The lowest BCUT2D eigenvalue weighted by Gasteiger charge is -1.99. The topological polar surface area (TPSA) is 85.3 Å². The van der Waals surface area contributed by atoms with E-state index in [1.54, 1.807) is 17.9 Å². The molecule has 0 unspecified atom stereocenters. The van der Waals surface area contributed by atoms with Gasteiger partial charge in [-0.1, -0.05) is 0 Å². The number of guanidine groups is 1. The van der Waals surface area contributed by atoms with E-state index < -0.39 is 0 Å². The first-order chi connectivity index (χ1) is 6.15. The van der Waals surface area contributed by atoms with Crippen LogP contribution in [-0.2, 0) is 11.8 Å². The second-order valence-corrected chi connectivity index (χ2v) is 2.52. The fraction of sp³-hybridized carbons (Fsp3) is 0.286. The van der Waals surface area contributed by atoms with Crippen molar-refractivity contribution in [3.63, 3.8) is 0 Å². The molecule has 3 N–H and O–H groups in total. The van der Waals surface area contributed by atoms with Gasteiger partial charge >= 0.3 is 0 Å². The van der Waals surface area contributed by atoms with Crippen LogP contribution in [0.1, 0.15) is 5.69 Å². The summed E-state index contributed by atoms with van der Waals surface area (Å²) >= 11 is 0. The average molecular weight is 181 g/mol. The van der Waals surface area contributed by atoms with Crippen LogP contribution in [-0.4, -0.2) is 21.9 Å². The highest BCUT2D eigenvalue weighted by Gasteiger charge is 2.02. The van der Waals surface area contributed by atoms with Gasteiger partial charge in [0.05, 0.1) is 12.0 Å². The van der Waals surface area contributed by atoms with E-state index in [1.807, 2.05) is 6.92 Å². The molecule has 0 saturated heterocycles. The highest BCUT2D eigenvalue weighted by molar-refractivity contribution is 5.88. The number of nitrogens with zero attached hydrogens (tertiary/aromatic N) is 3. The third kappa shape index (κ3) is 2.05. The van der Waals surface area contributed by atoms with Crippen LogP contribution in [0.4, 0.5) is 5.82 Å². The van der Waals surface area contributed by atoms with Gasteiger partial charge in [-0.15, -0.1) is 0 Å². The molecular formula is C7H11N5O. The minimum Gasteiger partial charge on any atom is -0.369 e. The molecule has 0 bridgehead atoms. The Bertz CT molecular complexity index is 321. The van der Waals surface area contributed by atoms with E-state index >= 15 is 0 Å². The molecule has 0 radical (unpaired) electrons. The number of aromatic nitrogens is 2. The largest absolute Gasteiger partial charge is 0.369 e. The summed E-state index contributed by atoms with van der Waals surface area (Å²) in [6, 6.07) is 0. The standard InChI is InChI=1S/C7H11N5O/c1-5-6(12(2)3-9-5)11-7(8)10-4-13/h3-4H,1-2H3,(H3,8,10,11,13). The fourth-order valence-corrected chi connectivity index (χ4v) is 0.907. The number of rotatable bonds is 2. The summed E-state index contributed by atoms with van der Waals surface area (Å²) in [5, 5.41) is 2.24. The number of imidazole rings is 1. The number of carbonyl (C=O) groups is 1. The predicted octanol–water partition coefficient (Wildman–Crippen LogP) is -0.579. The molecule has 1 aromatic rings. The third-order valence-electron chi connectivity index (χ3n) is 1.52. The van der Waals surface area contributed by atoms with Crippen LogP contribution >= 0.6 is 0 Å². The maximum atomic E-state index is 10.0. The van der Waals surface area contributed by atoms with E-state index in [0.717, 1.165) is 5.69 Å².